The number of carbonyl (C=O) groups excluding carboxylic acids is 1. The Morgan fingerprint density at radius 3 is 3.09 bits per heavy atom. The van der Waals surface area contributed by atoms with Crippen LogP contribution in [0.3, 0.4) is 0 Å². The molecular formula is C17H19N3O3. The Labute approximate surface area is 133 Å². The minimum absolute atomic E-state index is 0.0915. The zero-order valence-corrected chi connectivity index (χ0v) is 13.1. The van der Waals surface area contributed by atoms with Gasteiger partial charge in [0.25, 0.3) is 11.5 Å². The zero-order valence-electron chi connectivity index (χ0n) is 13.1. The molecule has 6 nitrogen and oxygen atoms in total. The lowest BCUT2D eigenvalue weighted by Crippen LogP contribution is -2.52. The van der Waals surface area contributed by atoms with Gasteiger partial charge in [-0.25, -0.2) is 4.98 Å². The molecule has 4 rings (SSSR count). The molecule has 23 heavy (non-hydrogen) atoms. The standard InChI is InChI=1S/C17H19N3O3/c1-11-5-6-15-18-9-12(17(22)20(15)10-11)16(21)19-7-8-23-14-4-2-3-13(14)19/h5-6,9-10,13-14H,2-4,7-8H2,1H3/t13-,14-/m0/s1. The minimum atomic E-state index is -0.301. The summed E-state index contributed by atoms with van der Waals surface area (Å²) in [5.41, 5.74) is 1.34. The number of amides is 1. The average molecular weight is 313 g/mol. The maximum absolute atomic E-state index is 12.9. The molecule has 0 N–H and O–H groups in total. The van der Waals surface area contributed by atoms with Crippen molar-refractivity contribution in [3.05, 3.63) is 46.0 Å². The van der Waals surface area contributed by atoms with Gasteiger partial charge in [-0.05, 0) is 37.8 Å². The van der Waals surface area contributed by atoms with E-state index in [0.717, 1.165) is 24.8 Å². The van der Waals surface area contributed by atoms with Crippen LogP contribution < -0.4 is 5.56 Å². The van der Waals surface area contributed by atoms with Gasteiger partial charge < -0.3 is 9.64 Å². The van der Waals surface area contributed by atoms with E-state index in [0.29, 0.717) is 18.8 Å². The average Bonchev–Trinajstić information content (AvgIpc) is 3.04. The molecule has 1 amide bonds. The number of aryl methyl sites for hydroxylation is 1. The Morgan fingerprint density at radius 1 is 1.35 bits per heavy atom. The summed E-state index contributed by atoms with van der Waals surface area (Å²) in [6, 6.07) is 3.77. The Bertz CT molecular complexity index is 829. The topological polar surface area (TPSA) is 63.9 Å². The van der Waals surface area contributed by atoms with E-state index in [1.807, 2.05) is 17.9 Å². The monoisotopic (exact) mass is 313 g/mol. The Hall–Kier alpha value is -2.21. The summed E-state index contributed by atoms with van der Waals surface area (Å²) in [6.07, 6.45) is 6.24. The molecule has 0 bridgehead atoms. The SMILES string of the molecule is Cc1ccc2ncc(C(=O)N3CCO[C@H]4CCC[C@@H]43)c(=O)n2c1. The first-order chi connectivity index (χ1) is 11.1. The van der Waals surface area contributed by atoms with Crippen molar-refractivity contribution in [2.75, 3.05) is 13.2 Å². The molecule has 2 atom stereocenters. The number of carbonyl (C=O) groups is 1. The molecule has 0 aromatic carbocycles. The van der Waals surface area contributed by atoms with Crippen molar-refractivity contribution < 1.29 is 9.53 Å². The smallest absolute Gasteiger partial charge is 0.270 e. The third-order valence-electron chi connectivity index (χ3n) is 4.82. The third-order valence-corrected chi connectivity index (χ3v) is 4.82. The highest BCUT2D eigenvalue weighted by molar-refractivity contribution is 5.94. The molecule has 2 fully saturated rings. The van der Waals surface area contributed by atoms with Gasteiger partial charge >= 0.3 is 0 Å². The second-order valence-corrected chi connectivity index (χ2v) is 6.32. The van der Waals surface area contributed by atoms with Crippen LogP contribution in [0.5, 0.6) is 0 Å². The van der Waals surface area contributed by atoms with Gasteiger partial charge in [0.15, 0.2) is 0 Å². The molecule has 1 aliphatic carbocycles. The Kier molecular flexibility index (Phi) is 3.41. The van der Waals surface area contributed by atoms with Crippen LogP contribution in [0, 0.1) is 6.92 Å². The van der Waals surface area contributed by atoms with E-state index < -0.39 is 0 Å². The van der Waals surface area contributed by atoms with Gasteiger partial charge in [0.2, 0.25) is 0 Å². The predicted molar refractivity (Wildman–Crippen MR) is 84.6 cm³/mol. The number of aromatic nitrogens is 2. The molecule has 1 aliphatic heterocycles. The Morgan fingerprint density at radius 2 is 2.22 bits per heavy atom. The van der Waals surface area contributed by atoms with Crippen LogP contribution in [-0.4, -0.2) is 45.5 Å². The zero-order chi connectivity index (χ0) is 16.0. The van der Waals surface area contributed by atoms with Crippen molar-refractivity contribution in [1.82, 2.24) is 14.3 Å². The fourth-order valence-electron chi connectivity index (χ4n) is 3.66. The lowest BCUT2D eigenvalue weighted by molar-refractivity contribution is -0.0446. The number of pyridine rings is 1. The lowest BCUT2D eigenvalue weighted by Gasteiger charge is -2.37. The number of ether oxygens (including phenoxy) is 1. The van der Waals surface area contributed by atoms with Crippen LogP contribution in [0.2, 0.25) is 0 Å². The first-order valence-electron chi connectivity index (χ1n) is 8.06. The summed E-state index contributed by atoms with van der Waals surface area (Å²) < 4.78 is 7.20. The molecule has 2 aliphatic rings. The molecule has 1 saturated carbocycles. The van der Waals surface area contributed by atoms with Crippen LogP contribution >= 0.6 is 0 Å². The summed E-state index contributed by atoms with van der Waals surface area (Å²) in [4.78, 5) is 31.7. The van der Waals surface area contributed by atoms with Gasteiger partial charge in [0.1, 0.15) is 11.2 Å². The maximum Gasteiger partial charge on any atom is 0.270 e. The molecule has 120 valence electrons. The summed E-state index contributed by atoms with van der Waals surface area (Å²) in [7, 11) is 0. The normalized spacial score (nSPS) is 24.0. The largest absolute Gasteiger partial charge is 0.374 e. The molecule has 0 unspecified atom stereocenters. The summed E-state index contributed by atoms with van der Waals surface area (Å²) in [6.45, 7) is 2.98. The molecule has 2 aromatic rings. The van der Waals surface area contributed by atoms with Crippen LogP contribution in [0.1, 0.15) is 35.2 Å². The third kappa shape index (κ3) is 2.34. The van der Waals surface area contributed by atoms with E-state index in [-0.39, 0.29) is 29.2 Å². The van der Waals surface area contributed by atoms with E-state index >= 15 is 0 Å². The van der Waals surface area contributed by atoms with E-state index in [1.54, 1.807) is 12.3 Å². The van der Waals surface area contributed by atoms with E-state index in [9.17, 15) is 9.59 Å². The highest BCUT2D eigenvalue weighted by atomic mass is 16.5. The fraction of sp³-hybridized carbons (Fsp3) is 0.471. The maximum atomic E-state index is 12.9. The number of fused-ring (bicyclic) bond motifs is 2. The van der Waals surface area contributed by atoms with Crippen LogP contribution in [0.4, 0.5) is 0 Å². The highest BCUT2D eigenvalue weighted by Crippen LogP contribution is 2.30. The first kappa shape index (κ1) is 14.4. The number of rotatable bonds is 1. The molecule has 0 radical (unpaired) electrons. The molecule has 2 aromatic heterocycles. The second-order valence-electron chi connectivity index (χ2n) is 6.32. The quantitative estimate of drug-likeness (QED) is 0.798. The van der Waals surface area contributed by atoms with Gasteiger partial charge in [-0.3, -0.25) is 14.0 Å². The van der Waals surface area contributed by atoms with E-state index in [4.69, 9.17) is 4.74 Å². The van der Waals surface area contributed by atoms with Gasteiger partial charge in [-0.1, -0.05) is 6.07 Å². The summed E-state index contributed by atoms with van der Waals surface area (Å²) >= 11 is 0. The minimum Gasteiger partial charge on any atom is -0.374 e. The van der Waals surface area contributed by atoms with Crippen molar-refractivity contribution in [3.63, 3.8) is 0 Å². The molecule has 0 spiro atoms. The first-order valence-corrected chi connectivity index (χ1v) is 8.06. The van der Waals surface area contributed by atoms with E-state index in [2.05, 4.69) is 4.98 Å². The van der Waals surface area contributed by atoms with Crippen LogP contribution in [0.15, 0.2) is 29.3 Å². The summed E-state index contributed by atoms with van der Waals surface area (Å²) in [5, 5.41) is 0. The molecule has 6 heteroatoms. The lowest BCUT2D eigenvalue weighted by atomic mass is 10.1. The fourth-order valence-corrected chi connectivity index (χ4v) is 3.66. The van der Waals surface area contributed by atoms with E-state index in [1.165, 1.54) is 10.6 Å². The molecular weight excluding hydrogens is 294 g/mol. The predicted octanol–water partition coefficient (Wildman–Crippen LogP) is 1.40. The molecule has 1 saturated heterocycles. The number of nitrogens with zero attached hydrogens (tertiary/aromatic N) is 3. The molecule has 3 heterocycles. The van der Waals surface area contributed by atoms with Crippen molar-refractivity contribution >= 4 is 11.6 Å². The second kappa shape index (κ2) is 5.45. The van der Waals surface area contributed by atoms with Gasteiger partial charge in [-0.2, -0.15) is 0 Å². The van der Waals surface area contributed by atoms with Crippen LogP contribution in [-0.2, 0) is 4.74 Å². The van der Waals surface area contributed by atoms with Gasteiger partial charge in [0, 0.05) is 18.9 Å². The number of hydrogen-bond acceptors (Lipinski definition) is 4. The van der Waals surface area contributed by atoms with Gasteiger partial charge in [0.05, 0.1) is 18.8 Å². The van der Waals surface area contributed by atoms with Crippen molar-refractivity contribution in [2.45, 2.75) is 38.3 Å². The number of morpholine rings is 1. The van der Waals surface area contributed by atoms with Gasteiger partial charge in [-0.15, -0.1) is 0 Å². The summed E-state index contributed by atoms with van der Waals surface area (Å²) in [5.74, 6) is -0.224. The van der Waals surface area contributed by atoms with Crippen molar-refractivity contribution in [3.8, 4) is 0 Å². The van der Waals surface area contributed by atoms with Crippen molar-refractivity contribution in [2.24, 2.45) is 0 Å². The number of hydrogen-bond donors (Lipinski definition) is 0. The highest BCUT2D eigenvalue weighted by Gasteiger charge is 2.39. The van der Waals surface area contributed by atoms with Crippen molar-refractivity contribution in [1.29, 1.82) is 0 Å². The Balaban J connectivity index is 1.75. The van der Waals surface area contributed by atoms with Crippen LogP contribution in [0.25, 0.3) is 5.65 Å².